The van der Waals surface area contributed by atoms with Gasteiger partial charge in [0.1, 0.15) is 5.78 Å². The molecule has 0 radical (unpaired) electrons. The molecule has 2 aromatic rings. The van der Waals surface area contributed by atoms with E-state index < -0.39 is 0 Å². The van der Waals surface area contributed by atoms with E-state index in [9.17, 15) is 4.79 Å². The lowest BCUT2D eigenvalue weighted by Gasteiger charge is -2.37. The standard InChI is InChI=1S/C19H21NOS/c1-2-6-17(21)19(10-12-20-13-11-19)16-9-14-22-18(16)15-7-4-3-5-8-15/h2-5,7-9,14,20H,1,6,10-13H2. The molecule has 2 heterocycles. The van der Waals surface area contributed by atoms with Crippen molar-refractivity contribution in [3.05, 3.63) is 60.0 Å². The molecule has 0 saturated carbocycles. The highest BCUT2D eigenvalue weighted by Gasteiger charge is 2.41. The summed E-state index contributed by atoms with van der Waals surface area (Å²) in [7, 11) is 0. The molecule has 1 aliphatic heterocycles. The van der Waals surface area contributed by atoms with E-state index in [-0.39, 0.29) is 5.41 Å². The number of piperidine rings is 1. The Morgan fingerprint density at radius 2 is 1.95 bits per heavy atom. The van der Waals surface area contributed by atoms with Gasteiger partial charge in [-0.1, -0.05) is 36.4 Å². The van der Waals surface area contributed by atoms with E-state index in [0.29, 0.717) is 12.2 Å². The predicted octanol–water partition coefficient (Wildman–Crippen LogP) is 4.18. The minimum atomic E-state index is -0.357. The van der Waals surface area contributed by atoms with E-state index in [4.69, 9.17) is 0 Å². The molecular formula is C19H21NOS. The van der Waals surface area contributed by atoms with Gasteiger partial charge < -0.3 is 5.32 Å². The summed E-state index contributed by atoms with van der Waals surface area (Å²) < 4.78 is 0. The second-order valence-electron chi connectivity index (χ2n) is 5.78. The lowest BCUT2D eigenvalue weighted by Crippen LogP contribution is -2.45. The van der Waals surface area contributed by atoms with Crippen molar-refractivity contribution in [3.8, 4) is 10.4 Å². The Hall–Kier alpha value is -1.71. The lowest BCUT2D eigenvalue weighted by molar-refractivity contribution is -0.124. The third-order valence-electron chi connectivity index (χ3n) is 4.54. The van der Waals surface area contributed by atoms with E-state index in [1.54, 1.807) is 17.4 Å². The highest BCUT2D eigenvalue weighted by atomic mass is 32.1. The zero-order valence-corrected chi connectivity index (χ0v) is 13.5. The largest absolute Gasteiger partial charge is 0.317 e. The summed E-state index contributed by atoms with van der Waals surface area (Å²) in [4.78, 5) is 14.1. The maximum absolute atomic E-state index is 12.9. The van der Waals surface area contributed by atoms with E-state index in [1.807, 2.05) is 6.07 Å². The predicted molar refractivity (Wildman–Crippen MR) is 93.4 cm³/mol. The minimum absolute atomic E-state index is 0.305. The van der Waals surface area contributed by atoms with Crippen LogP contribution in [0.3, 0.4) is 0 Å². The van der Waals surface area contributed by atoms with Gasteiger partial charge in [-0.25, -0.2) is 0 Å². The number of Topliss-reactive ketones (excluding diaryl/α,β-unsaturated/α-hetero) is 1. The van der Waals surface area contributed by atoms with Crippen LogP contribution in [0.1, 0.15) is 24.8 Å². The third kappa shape index (κ3) is 2.67. The zero-order valence-electron chi connectivity index (χ0n) is 12.7. The first kappa shape index (κ1) is 15.2. The van der Waals surface area contributed by atoms with Gasteiger partial charge in [0.15, 0.2) is 0 Å². The summed E-state index contributed by atoms with van der Waals surface area (Å²) in [6, 6.07) is 12.5. The summed E-state index contributed by atoms with van der Waals surface area (Å²) in [5, 5.41) is 5.50. The molecule has 22 heavy (non-hydrogen) atoms. The van der Waals surface area contributed by atoms with Gasteiger partial charge in [0.05, 0.1) is 5.41 Å². The van der Waals surface area contributed by atoms with Crippen LogP contribution in [0.25, 0.3) is 10.4 Å². The molecule has 0 bridgehead atoms. The fraction of sp³-hybridized carbons (Fsp3) is 0.316. The molecule has 0 atom stereocenters. The number of benzene rings is 1. The Morgan fingerprint density at radius 1 is 1.23 bits per heavy atom. The maximum atomic E-state index is 12.9. The number of nitrogens with one attached hydrogen (secondary N) is 1. The second kappa shape index (κ2) is 6.59. The van der Waals surface area contributed by atoms with Crippen LogP contribution in [0.5, 0.6) is 0 Å². The van der Waals surface area contributed by atoms with Crippen molar-refractivity contribution in [1.29, 1.82) is 0 Å². The van der Waals surface area contributed by atoms with Gasteiger partial charge in [0.2, 0.25) is 0 Å². The normalized spacial score (nSPS) is 17.1. The van der Waals surface area contributed by atoms with Crippen LogP contribution in [-0.4, -0.2) is 18.9 Å². The Bertz CT molecular complexity index is 653. The number of hydrogen-bond acceptors (Lipinski definition) is 3. The molecule has 0 spiro atoms. The molecule has 114 valence electrons. The molecule has 3 rings (SSSR count). The molecule has 1 saturated heterocycles. The first-order valence-electron chi connectivity index (χ1n) is 7.76. The number of ketones is 1. The van der Waals surface area contributed by atoms with Crippen LogP contribution in [-0.2, 0) is 10.2 Å². The summed E-state index contributed by atoms with van der Waals surface area (Å²) >= 11 is 1.73. The summed E-state index contributed by atoms with van der Waals surface area (Å²) in [6.07, 6.45) is 3.93. The van der Waals surface area contributed by atoms with E-state index in [0.717, 1.165) is 25.9 Å². The van der Waals surface area contributed by atoms with Crippen LogP contribution in [0.4, 0.5) is 0 Å². The Kier molecular flexibility index (Phi) is 4.55. The molecule has 1 aromatic heterocycles. The van der Waals surface area contributed by atoms with Crippen molar-refractivity contribution in [3.63, 3.8) is 0 Å². The van der Waals surface area contributed by atoms with E-state index in [1.165, 1.54) is 16.0 Å². The number of carbonyl (C=O) groups excluding carboxylic acids is 1. The van der Waals surface area contributed by atoms with Crippen LogP contribution < -0.4 is 5.32 Å². The van der Waals surface area contributed by atoms with Crippen molar-refractivity contribution in [1.82, 2.24) is 5.32 Å². The SMILES string of the molecule is C=CCC(=O)C1(c2ccsc2-c2ccccc2)CCNCC1. The van der Waals surface area contributed by atoms with Gasteiger partial charge in [-0.3, -0.25) is 4.79 Å². The average Bonchev–Trinajstić information content (AvgIpc) is 3.07. The molecule has 1 fully saturated rings. The Balaban J connectivity index is 2.08. The van der Waals surface area contributed by atoms with E-state index in [2.05, 4.69) is 47.6 Å². The van der Waals surface area contributed by atoms with Gasteiger partial charge in [-0.15, -0.1) is 17.9 Å². The van der Waals surface area contributed by atoms with Gasteiger partial charge in [0, 0.05) is 11.3 Å². The van der Waals surface area contributed by atoms with Crippen molar-refractivity contribution in [2.75, 3.05) is 13.1 Å². The fourth-order valence-electron chi connectivity index (χ4n) is 3.38. The first-order chi connectivity index (χ1) is 10.8. The molecule has 0 unspecified atom stereocenters. The van der Waals surface area contributed by atoms with Crippen LogP contribution in [0.2, 0.25) is 0 Å². The monoisotopic (exact) mass is 311 g/mol. The van der Waals surface area contributed by atoms with Gasteiger partial charge >= 0.3 is 0 Å². The number of thiophene rings is 1. The highest BCUT2D eigenvalue weighted by Crippen LogP contribution is 2.43. The quantitative estimate of drug-likeness (QED) is 0.839. The zero-order chi connectivity index (χ0) is 15.4. The van der Waals surface area contributed by atoms with Gasteiger partial charge in [-0.2, -0.15) is 0 Å². The number of hydrogen-bond donors (Lipinski definition) is 1. The van der Waals surface area contributed by atoms with Crippen LogP contribution >= 0.6 is 11.3 Å². The molecule has 3 heteroatoms. The van der Waals surface area contributed by atoms with E-state index >= 15 is 0 Å². The van der Waals surface area contributed by atoms with Crippen molar-refractivity contribution in [2.45, 2.75) is 24.7 Å². The summed E-state index contributed by atoms with van der Waals surface area (Å²) in [5.74, 6) is 0.305. The van der Waals surface area contributed by atoms with Gasteiger partial charge in [-0.05, 0) is 48.5 Å². The summed E-state index contributed by atoms with van der Waals surface area (Å²) in [5.41, 5.74) is 2.05. The van der Waals surface area contributed by atoms with Crippen molar-refractivity contribution >= 4 is 17.1 Å². The maximum Gasteiger partial charge on any atom is 0.147 e. The third-order valence-corrected chi connectivity index (χ3v) is 5.50. The molecule has 0 amide bonds. The van der Waals surface area contributed by atoms with Crippen LogP contribution in [0, 0.1) is 0 Å². The average molecular weight is 311 g/mol. The Labute approximate surface area is 135 Å². The lowest BCUT2D eigenvalue weighted by atomic mass is 9.69. The first-order valence-corrected chi connectivity index (χ1v) is 8.64. The minimum Gasteiger partial charge on any atom is -0.317 e. The topological polar surface area (TPSA) is 29.1 Å². The van der Waals surface area contributed by atoms with Gasteiger partial charge in [0.25, 0.3) is 0 Å². The summed E-state index contributed by atoms with van der Waals surface area (Å²) in [6.45, 7) is 5.55. The molecule has 1 aromatic carbocycles. The number of allylic oxidation sites excluding steroid dienone is 1. The molecular weight excluding hydrogens is 290 g/mol. The Morgan fingerprint density at radius 3 is 2.64 bits per heavy atom. The molecule has 1 aliphatic rings. The molecule has 0 aliphatic carbocycles. The highest BCUT2D eigenvalue weighted by molar-refractivity contribution is 7.13. The number of carbonyl (C=O) groups is 1. The fourth-order valence-corrected chi connectivity index (χ4v) is 4.38. The number of rotatable bonds is 5. The smallest absolute Gasteiger partial charge is 0.147 e. The molecule has 2 nitrogen and oxygen atoms in total. The van der Waals surface area contributed by atoms with Crippen LogP contribution in [0.15, 0.2) is 54.4 Å². The van der Waals surface area contributed by atoms with Crippen molar-refractivity contribution < 1.29 is 4.79 Å². The molecule has 1 N–H and O–H groups in total. The second-order valence-corrected chi connectivity index (χ2v) is 6.69. The van der Waals surface area contributed by atoms with Crippen molar-refractivity contribution in [2.24, 2.45) is 0 Å².